The van der Waals surface area contributed by atoms with Crippen molar-refractivity contribution in [2.24, 2.45) is 0 Å². The molecule has 0 amide bonds. The number of hydrogen-bond acceptors (Lipinski definition) is 1. The molecule has 1 nitrogen and oxygen atoms in total. The lowest BCUT2D eigenvalue weighted by molar-refractivity contribution is 0.794. The SMILES string of the molecule is CCCCc1ccc(Cc2ncccc2CC)cc1. The van der Waals surface area contributed by atoms with Crippen molar-refractivity contribution >= 4 is 0 Å². The Hall–Kier alpha value is -1.63. The molecule has 19 heavy (non-hydrogen) atoms. The minimum atomic E-state index is 0.943. The third kappa shape index (κ3) is 3.92. The van der Waals surface area contributed by atoms with E-state index in [1.165, 1.54) is 41.6 Å². The van der Waals surface area contributed by atoms with Gasteiger partial charge in [0.25, 0.3) is 0 Å². The number of aryl methyl sites for hydroxylation is 2. The average molecular weight is 253 g/mol. The number of unbranched alkanes of at least 4 members (excludes halogenated alkanes) is 1. The highest BCUT2D eigenvalue weighted by atomic mass is 14.7. The first-order chi connectivity index (χ1) is 9.33. The average Bonchev–Trinajstić information content (AvgIpc) is 2.47. The van der Waals surface area contributed by atoms with Crippen molar-refractivity contribution in [3.63, 3.8) is 0 Å². The Labute approximate surface area is 116 Å². The molecule has 0 fully saturated rings. The summed E-state index contributed by atoms with van der Waals surface area (Å²) < 4.78 is 0. The molecule has 2 aromatic rings. The van der Waals surface area contributed by atoms with E-state index in [0.717, 1.165) is 12.8 Å². The van der Waals surface area contributed by atoms with Crippen molar-refractivity contribution in [3.05, 3.63) is 65.0 Å². The summed E-state index contributed by atoms with van der Waals surface area (Å²) in [4.78, 5) is 4.52. The topological polar surface area (TPSA) is 12.9 Å². The second-order valence-electron chi connectivity index (χ2n) is 5.06. The van der Waals surface area contributed by atoms with Crippen LogP contribution in [-0.2, 0) is 19.3 Å². The molecule has 100 valence electrons. The first-order valence-electron chi connectivity index (χ1n) is 7.34. The van der Waals surface area contributed by atoms with E-state index in [9.17, 15) is 0 Å². The molecule has 0 N–H and O–H groups in total. The van der Waals surface area contributed by atoms with Gasteiger partial charge in [-0.1, -0.05) is 50.6 Å². The summed E-state index contributed by atoms with van der Waals surface area (Å²) in [5.74, 6) is 0. The van der Waals surface area contributed by atoms with E-state index >= 15 is 0 Å². The maximum Gasteiger partial charge on any atom is 0.0479 e. The van der Waals surface area contributed by atoms with Gasteiger partial charge in [0.15, 0.2) is 0 Å². The van der Waals surface area contributed by atoms with Crippen LogP contribution >= 0.6 is 0 Å². The summed E-state index contributed by atoms with van der Waals surface area (Å²) >= 11 is 0. The molecule has 1 heterocycles. The molecule has 0 radical (unpaired) electrons. The number of nitrogens with zero attached hydrogens (tertiary/aromatic N) is 1. The second kappa shape index (κ2) is 7.08. The van der Waals surface area contributed by atoms with E-state index in [-0.39, 0.29) is 0 Å². The third-order valence-electron chi connectivity index (χ3n) is 3.58. The lowest BCUT2D eigenvalue weighted by atomic mass is 10.0. The van der Waals surface area contributed by atoms with E-state index in [1.54, 1.807) is 0 Å². The standard InChI is InChI=1S/C18H23N/c1-3-5-7-15-9-11-16(12-10-15)14-18-17(4-2)8-6-13-19-18/h6,8-13H,3-5,7,14H2,1-2H3. The molecule has 1 heteroatoms. The fourth-order valence-electron chi connectivity index (χ4n) is 2.35. The highest BCUT2D eigenvalue weighted by Gasteiger charge is 2.03. The molecule has 0 unspecified atom stereocenters. The number of hydrogen-bond donors (Lipinski definition) is 0. The monoisotopic (exact) mass is 253 g/mol. The minimum absolute atomic E-state index is 0.943. The number of aromatic nitrogens is 1. The summed E-state index contributed by atoms with van der Waals surface area (Å²) in [6.07, 6.45) is 7.62. The van der Waals surface area contributed by atoms with Crippen LogP contribution in [0.1, 0.15) is 49.1 Å². The van der Waals surface area contributed by atoms with Crippen molar-refractivity contribution in [1.29, 1.82) is 0 Å². The van der Waals surface area contributed by atoms with Gasteiger partial charge in [0.05, 0.1) is 0 Å². The minimum Gasteiger partial charge on any atom is -0.261 e. The van der Waals surface area contributed by atoms with Crippen molar-refractivity contribution in [1.82, 2.24) is 4.98 Å². The predicted molar refractivity (Wildman–Crippen MR) is 81.5 cm³/mol. The summed E-state index contributed by atoms with van der Waals surface area (Å²) in [5, 5.41) is 0. The summed E-state index contributed by atoms with van der Waals surface area (Å²) in [7, 11) is 0. The van der Waals surface area contributed by atoms with Gasteiger partial charge in [-0.3, -0.25) is 4.98 Å². The molecule has 0 saturated carbocycles. The normalized spacial score (nSPS) is 10.6. The van der Waals surface area contributed by atoms with E-state index in [0.29, 0.717) is 0 Å². The highest BCUT2D eigenvalue weighted by Crippen LogP contribution is 2.14. The van der Waals surface area contributed by atoms with Crippen molar-refractivity contribution in [2.45, 2.75) is 46.0 Å². The van der Waals surface area contributed by atoms with Gasteiger partial charge in [-0.2, -0.15) is 0 Å². The molecule has 0 bridgehead atoms. The zero-order valence-electron chi connectivity index (χ0n) is 12.0. The van der Waals surface area contributed by atoms with Gasteiger partial charge in [0.2, 0.25) is 0 Å². The van der Waals surface area contributed by atoms with Gasteiger partial charge in [-0.15, -0.1) is 0 Å². The zero-order chi connectivity index (χ0) is 13.5. The maximum absolute atomic E-state index is 4.52. The quantitative estimate of drug-likeness (QED) is 0.734. The van der Waals surface area contributed by atoms with Crippen LogP contribution in [0.2, 0.25) is 0 Å². The molecule has 0 aliphatic heterocycles. The Morgan fingerprint density at radius 3 is 2.37 bits per heavy atom. The van der Waals surface area contributed by atoms with Gasteiger partial charge < -0.3 is 0 Å². The fraction of sp³-hybridized carbons (Fsp3) is 0.389. The molecule has 0 atom stereocenters. The summed E-state index contributed by atoms with van der Waals surface area (Å²) in [5.41, 5.74) is 5.37. The lowest BCUT2D eigenvalue weighted by Gasteiger charge is -2.07. The van der Waals surface area contributed by atoms with Crippen LogP contribution in [0.15, 0.2) is 42.6 Å². The van der Waals surface area contributed by atoms with E-state index in [2.05, 4.69) is 49.2 Å². The predicted octanol–water partition coefficient (Wildman–Crippen LogP) is 4.58. The smallest absolute Gasteiger partial charge is 0.0479 e. The van der Waals surface area contributed by atoms with Crippen LogP contribution in [-0.4, -0.2) is 4.98 Å². The van der Waals surface area contributed by atoms with Crippen LogP contribution in [0, 0.1) is 0 Å². The van der Waals surface area contributed by atoms with Crippen molar-refractivity contribution in [3.8, 4) is 0 Å². The number of rotatable bonds is 6. The number of benzene rings is 1. The molecule has 1 aromatic carbocycles. The second-order valence-corrected chi connectivity index (χ2v) is 5.06. The molecular formula is C18H23N. The van der Waals surface area contributed by atoms with Crippen molar-refractivity contribution < 1.29 is 0 Å². The van der Waals surface area contributed by atoms with Crippen molar-refractivity contribution in [2.75, 3.05) is 0 Å². The van der Waals surface area contributed by atoms with Gasteiger partial charge in [0, 0.05) is 18.3 Å². The molecule has 1 aromatic heterocycles. The fourth-order valence-corrected chi connectivity index (χ4v) is 2.35. The van der Waals surface area contributed by atoms with E-state index in [1.807, 2.05) is 12.3 Å². The Balaban J connectivity index is 2.06. The summed E-state index contributed by atoms with van der Waals surface area (Å²) in [6.45, 7) is 4.43. The molecule has 2 rings (SSSR count). The zero-order valence-corrected chi connectivity index (χ0v) is 12.0. The van der Waals surface area contributed by atoms with Crippen LogP contribution in [0.4, 0.5) is 0 Å². The van der Waals surface area contributed by atoms with Gasteiger partial charge in [-0.25, -0.2) is 0 Å². The van der Waals surface area contributed by atoms with Gasteiger partial charge in [0.1, 0.15) is 0 Å². The van der Waals surface area contributed by atoms with Crippen LogP contribution in [0.3, 0.4) is 0 Å². The van der Waals surface area contributed by atoms with Crippen LogP contribution < -0.4 is 0 Å². The molecule has 0 saturated heterocycles. The Morgan fingerprint density at radius 2 is 1.68 bits per heavy atom. The van der Waals surface area contributed by atoms with Crippen LogP contribution in [0.25, 0.3) is 0 Å². The van der Waals surface area contributed by atoms with Gasteiger partial charge in [-0.05, 0) is 42.0 Å². The first-order valence-corrected chi connectivity index (χ1v) is 7.34. The molecule has 0 spiro atoms. The lowest BCUT2D eigenvalue weighted by Crippen LogP contribution is -1.98. The molecular weight excluding hydrogens is 230 g/mol. The Bertz CT molecular complexity index is 499. The van der Waals surface area contributed by atoms with E-state index < -0.39 is 0 Å². The Morgan fingerprint density at radius 1 is 0.947 bits per heavy atom. The third-order valence-corrected chi connectivity index (χ3v) is 3.58. The van der Waals surface area contributed by atoms with E-state index in [4.69, 9.17) is 0 Å². The number of pyridine rings is 1. The highest BCUT2D eigenvalue weighted by molar-refractivity contribution is 5.29. The summed E-state index contributed by atoms with van der Waals surface area (Å²) in [6, 6.07) is 13.2. The largest absolute Gasteiger partial charge is 0.261 e. The van der Waals surface area contributed by atoms with Gasteiger partial charge >= 0.3 is 0 Å². The molecule has 0 aliphatic rings. The molecule has 0 aliphatic carbocycles. The first kappa shape index (κ1) is 13.8. The Kier molecular flexibility index (Phi) is 5.14. The van der Waals surface area contributed by atoms with Crippen LogP contribution in [0.5, 0.6) is 0 Å². The maximum atomic E-state index is 4.52.